The molecular weight excluding hydrogens is 450 g/mol. The van der Waals surface area contributed by atoms with Gasteiger partial charge in [0.2, 0.25) is 5.78 Å². The molecule has 3 heterocycles. The highest BCUT2D eigenvalue weighted by Crippen LogP contribution is 2.40. The number of nitrogens with zero attached hydrogens (tertiary/aromatic N) is 3. The predicted octanol–water partition coefficient (Wildman–Crippen LogP) is 3.71. The fourth-order valence-electron chi connectivity index (χ4n) is 4.29. The second kappa shape index (κ2) is 9.70. The molecule has 1 aromatic carbocycles. The molecular formula is C23H26ClN3O4S. The standard InChI is InChI=1S/C23H26ClN3O4S/c1-14-22(32-15(2)25-14)20(28)18-19(16-5-3-6-17(24)13-16)27(23(30)21(18)29)8-4-7-26-9-11-31-12-10-26/h3,5-6,13,19,29H,4,7-12H2,1-2H3. The van der Waals surface area contributed by atoms with Crippen molar-refractivity contribution in [1.82, 2.24) is 14.8 Å². The van der Waals surface area contributed by atoms with E-state index in [0.717, 1.165) is 31.1 Å². The van der Waals surface area contributed by atoms with Gasteiger partial charge in [-0.25, -0.2) is 4.98 Å². The second-order valence-corrected chi connectivity index (χ2v) is 9.64. The Labute approximate surface area is 196 Å². The number of Topliss-reactive ketones (excluding diaryl/α,β-unsaturated/α-hetero) is 1. The van der Waals surface area contributed by atoms with Crippen LogP contribution in [0.15, 0.2) is 35.6 Å². The number of aliphatic hydroxyl groups excluding tert-OH is 1. The molecule has 170 valence electrons. The second-order valence-electron chi connectivity index (χ2n) is 8.00. The number of aromatic nitrogens is 1. The van der Waals surface area contributed by atoms with Crippen molar-refractivity contribution >= 4 is 34.6 Å². The topological polar surface area (TPSA) is 83.0 Å². The molecule has 0 radical (unpaired) electrons. The lowest BCUT2D eigenvalue weighted by atomic mass is 9.95. The van der Waals surface area contributed by atoms with E-state index < -0.39 is 17.7 Å². The van der Waals surface area contributed by atoms with Gasteiger partial charge in [-0.15, -0.1) is 11.3 Å². The summed E-state index contributed by atoms with van der Waals surface area (Å²) in [5.41, 5.74) is 1.39. The summed E-state index contributed by atoms with van der Waals surface area (Å²) in [6.07, 6.45) is 0.719. The van der Waals surface area contributed by atoms with E-state index in [1.54, 1.807) is 30.0 Å². The molecule has 1 fully saturated rings. The largest absolute Gasteiger partial charge is 0.503 e. The number of halogens is 1. The van der Waals surface area contributed by atoms with Gasteiger partial charge in [-0.3, -0.25) is 14.5 Å². The molecule has 0 aliphatic carbocycles. The minimum Gasteiger partial charge on any atom is -0.503 e. The van der Waals surface area contributed by atoms with Gasteiger partial charge in [-0.2, -0.15) is 0 Å². The summed E-state index contributed by atoms with van der Waals surface area (Å²) >= 11 is 7.50. The van der Waals surface area contributed by atoms with Gasteiger partial charge in [0.05, 0.1) is 40.4 Å². The van der Waals surface area contributed by atoms with Crippen LogP contribution in [0.2, 0.25) is 5.02 Å². The van der Waals surface area contributed by atoms with Gasteiger partial charge in [-0.05, 0) is 38.0 Å². The first kappa shape index (κ1) is 22.9. The van der Waals surface area contributed by atoms with Gasteiger partial charge >= 0.3 is 0 Å². The number of morpholine rings is 1. The Morgan fingerprint density at radius 1 is 1.28 bits per heavy atom. The minimum atomic E-state index is -0.694. The third kappa shape index (κ3) is 4.59. The highest BCUT2D eigenvalue weighted by molar-refractivity contribution is 7.14. The molecule has 7 nitrogen and oxygen atoms in total. The number of hydrogen-bond acceptors (Lipinski definition) is 7. The number of ketones is 1. The molecule has 1 N–H and O–H groups in total. The number of aryl methyl sites for hydroxylation is 2. The maximum Gasteiger partial charge on any atom is 0.290 e. The first-order valence-electron chi connectivity index (χ1n) is 10.6. The van der Waals surface area contributed by atoms with Crippen molar-refractivity contribution in [2.75, 3.05) is 39.4 Å². The molecule has 1 unspecified atom stereocenters. The molecule has 1 atom stereocenters. The molecule has 32 heavy (non-hydrogen) atoms. The van der Waals surface area contributed by atoms with E-state index in [4.69, 9.17) is 16.3 Å². The van der Waals surface area contributed by atoms with Gasteiger partial charge in [0, 0.05) is 31.2 Å². The molecule has 9 heteroatoms. The average Bonchev–Trinajstić information content (AvgIpc) is 3.24. The third-order valence-corrected chi connectivity index (χ3v) is 7.11. The molecule has 0 bridgehead atoms. The molecule has 1 saturated heterocycles. The van der Waals surface area contributed by atoms with Crippen molar-refractivity contribution in [3.05, 3.63) is 61.8 Å². The van der Waals surface area contributed by atoms with E-state index in [0.29, 0.717) is 40.9 Å². The molecule has 1 amide bonds. The van der Waals surface area contributed by atoms with Gasteiger partial charge in [0.25, 0.3) is 5.91 Å². The molecule has 2 aromatic rings. The Hall–Kier alpha value is -2.26. The number of thiazole rings is 1. The Morgan fingerprint density at radius 3 is 2.69 bits per heavy atom. The van der Waals surface area contributed by atoms with Gasteiger partial charge < -0.3 is 14.7 Å². The number of carbonyl (C=O) groups excluding carboxylic acids is 2. The van der Waals surface area contributed by atoms with Crippen LogP contribution in [0.25, 0.3) is 0 Å². The molecule has 4 rings (SSSR count). The summed E-state index contributed by atoms with van der Waals surface area (Å²) in [6.45, 7) is 7.96. The lowest BCUT2D eigenvalue weighted by molar-refractivity contribution is -0.129. The molecule has 0 spiro atoms. The lowest BCUT2D eigenvalue weighted by Crippen LogP contribution is -2.39. The fraction of sp³-hybridized carbons (Fsp3) is 0.435. The quantitative estimate of drug-likeness (QED) is 0.614. The van der Waals surface area contributed by atoms with E-state index in [1.807, 2.05) is 13.0 Å². The van der Waals surface area contributed by atoms with Crippen molar-refractivity contribution in [2.24, 2.45) is 0 Å². The van der Waals surface area contributed by atoms with Crippen LogP contribution < -0.4 is 0 Å². The average molecular weight is 476 g/mol. The number of hydrogen-bond donors (Lipinski definition) is 1. The van der Waals surface area contributed by atoms with Crippen LogP contribution in [-0.2, 0) is 9.53 Å². The first-order valence-corrected chi connectivity index (χ1v) is 11.8. The van der Waals surface area contributed by atoms with Gasteiger partial charge in [0.15, 0.2) is 5.76 Å². The molecule has 2 aliphatic heterocycles. The predicted molar refractivity (Wildman–Crippen MR) is 123 cm³/mol. The Kier molecular flexibility index (Phi) is 6.95. The fourth-order valence-corrected chi connectivity index (χ4v) is 5.37. The SMILES string of the molecule is Cc1nc(C)c(C(=O)C2=C(O)C(=O)N(CCCN3CCOCC3)C2c2cccc(Cl)c2)s1. The van der Waals surface area contributed by atoms with Crippen molar-refractivity contribution in [2.45, 2.75) is 26.3 Å². The maximum atomic E-state index is 13.5. The van der Waals surface area contributed by atoms with Crippen LogP contribution in [0.3, 0.4) is 0 Å². The lowest BCUT2D eigenvalue weighted by Gasteiger charge is -2.30. The number of benzene rings is 1. The third-order valence-electron chi connectivity index (χ3n) is 5.80. The zero-order valence-corrected chi connectivity index (χ0v) is 19.7. The van der Waals surface area contributed by atoms with E-state index >= 15 is 0 Å². The monoisotopic (exact) mass is 475 g/mol. The van der Waals surface area contributed by atoms with E-state index in [-0.39, 0.29) is 11.4 Å². The van der Waals surface area contributed by atoms with E-state index in [1.165, 1.54) is 11.3 Å². The highest BCUT2D eigenvalue weighted by atomic mass is 35.5. The van der Waals surface area contributed by atoms with Crippen LogP contribution in [-0.4, -0.2) is 71.0 Å². The summed E-state index contributed by atoms with van der Waals surface area (Å²) in [5, 5.41) is 12.1. The number of ether oxygens (including phenoxy) is 1. The summed E-state index contributed by atoms with van der Waals surface area (Å²) in [6, 6.07) is 6.40. The van der Waals surface area contributed by atoms with Crippen LogP contribution in [0.4, 0.5) is 0 Å². The Bertz CT molecular complexity index is 1060. The molecule has 2 aliphatic rings. The zero-order chi connectivity index (χ0) is 22.8. The molecule has 1 aromatic heterocycles. The number of carbonyl (C=O) groups is 2. The summed E-state index contributed by atoms with van der Waals surface area (Å²) in [4.78, 5) is 35.2. The van der Waals surface area contributed by atoms with Crippen LogP contribution in [0.5, 0.6) is 0 Å². The number of rotatable bonds is 7. The van der Waals surface area contributed by atoms with Crippen LogP contribution in [0, 0.1) is 13.8 Å². The summed E-state index contributed by atoms with van der Waals surface area (Å²) in [5.74, 6) is -1.38. The van der Waals surface area contributed by atoms with Crippen molar-refractivity contribution in [3.63, 3.8) is 0 Å². The zero-order valence-electron chi connectivity index (χ0n) is 18.1. The molecule has 0 saturated carbocycles. The van der Waals surface area contributed by atoms with E-state index in [9.17, 15) is 14.7 Å². The van der Waals surface area contributed by atoms with Crippen molar-refractivity contribution < 1.29 is 19.4 Å². The van der Waals surface area contributed by atoms with E-state index in [2.05, 4.69) is 9.88 Å². The first-order chi connectivity index (χ1) is 15.4. The van der Waals surface area contributed by atoms with Crippen LogP contribution >= 0.6 is 22.9 Å². The smallest absolute Gasteiger partial charge is 0.290 e. The van der Waals surface area contributed by atoms with Crippen molar-refractivity contribution in [3.8, 4) is 0 Å². The normalized spacial score (nSPS) is 19.8. The van der Waals surface area contributed by atoms with Gasteiger partial charge in [-0.1, -0.05) is 23.7 Å². The Morgan fingerprint density at radius 2 is 2.03 bits per heavy atom. The number of amides is 1. The highest BCUT2D eigenvalue weighted by Gasteiger charge is 2.44. The minimum absolute atomic E-state index is 0.0930. The van der Waals surface area contributed by atoms with Crippen molar-refractivity contribution in [1.29, 1.82) is 0 Å². The Balaban J connectivity index is 1.64. The van der Waals surface area contributed by atoms with Gasteiger partial charge in [0.1, 0.15) is 0 Å². The van der Waals surface area contributed by atoms with Crippen LogP contribution in [0.1, 0.15) is 38.4 Å². The summed E-state index contributed by atoms with van der Waals surface area (Å²) < 4.78 is 5.39. The summed E-state index contributed by atoms with van der Waals surface area (Å²) in [7, 11) is 0. The maximum absolute atomic E-state index is 13.5. The number of aliphatic hydroxyl groups is 1.